The van der Waals surface area contributed by atoms with Crippen molar-refractivity contribution in [3.8, 4) is 11.1 Å². The highest BCUT2D eigenvalue weighted by atomic mass is 16.4. The predicted octanol–water partition coefficient (Wildman–Crippen LogP) is 3.92. The van der Waals surface area contributed by atoms with Crippen LogP contribution in [0.1, 0.15) is 28.2 Å². The van der Waals surface area contributed by atoms with Gasteiger partial charge in [-0.2, -0.15) is 0 Å². The van der Waals surface area contributed by atoms with E-state index in [1.165, 1.54) is 0 Å². The van der Waals surface area contributed by atoms with Gasteiger partial charge in [0, 0.05) is 6.42 Å². The first-order valence-electron chi connectivity index (χ1n) is 9.31. The second-order valence-corrected chi connectivity index (χ2v) is 7.20. The molecule has 28 heavy (non-hydrogen) atoms. The number of amides is 1. The van der Waals surface area contributed by atoms with Gasteiger partial charge in [-0.25, -0.2) is 4.79 Å². The minimum absolute atomic E-state index is 0.249. The molecule has 4 heteroatoms. The van der Waals surface area contributed by atoms with Gasteiger partial charge in [0.1, 0.15) is 6.04 Å². The van der Waals surface area contributed by atoms with Crippen molar-refractivity contribution < 1.29 is 14.7 Å². The molecule has 140 valence electrons. The molecule has 2 N–H and O–H groups in total. The molecule has 0 bridgehead atoms. The van der Waals surface area contributed by atoms with Gasteiger partial charge in [-0.05, 0) is 34.7 Å². The summed E-state index contributed by atoms with van der Waals surface area (Å²) in [5.41, 5.74) is 5.85. The van der Waals surface area contributed by atoms with Crippen molar-refractivity contribution in [2.24, 2.45) is 0 Å². The predicted molar refractivity (Wildman–Crippen MR) is 108 cm³/mol. The summed E-state index contributed by atoms with van der Waals surface area (Å²) < 4.78 is 0. The number of rotatable bonds is 5. The summed E-state index contributed by atoms with van der Waals surface area (Å²) in [5, 5.41) is 12.4. The highest BCUT2D eigenvalue weighted by molar-refractivity contribution is 5.97. The lowest BCUT2D eigenvalue weighted by molar-refractivity contribution is -0.141. The summed E-state index contributed by atoms with van der Waals surface area (Å²) in [4.78, 5) is 25.0. The maximum atomic E-state index is 13.2. The van der Waals surface area contributed by atoms with Gasteiger partial charge in [0.05, 0.1) is 5.92 Å². The first-order chi connectivity index (χ1) is 13.5. The number of hydrogen-bond donors (Lipinski definition) is 2. The van der Waals surface area contributed by atoms with Crippen LogP contribution in [0.15, 0.2) is 72.8 Å². The van der Waals surface area contributed by atoms with Crippen LogP contribution in [0.4, 0.5) is 0 Å². The normalized spacial score (nSPS) is 13.5. The van der Waals surface area contributed by atoms with Gasteiger partial charge in [-0.3, -0.25) is 4.79 Å². The van der Waals surface area contributed by atoms with Crippen molar-refractivity contribution in [3.05, 3.63) is 95.1 Å². The number of aliphatic carboxylic acids is 1. The third kappa shape index (κ3) is 3.29. The number of nitrogens with one attached hydrogen (secondary N) is 1. The fourth-order valence-corrected chi connectivity index (χ4v) is 3.97. The number of carbonyl (C=O) groups excluding carboxylic acids is 1. The summed E-state index contributed by atoms with van der Waals surface area (Å²) >= 11 is 0. The van der Waals surface area contributed by atoms with Crippen LogP contribution in [0.2, 0.25) is 0 Å². The van der Waals surface area contributed by atoms with Crippen molar-refractivity contribution in [3.63, 3.8) is 0 Å². The van der Waals surface area contributed by atoms with E-state index in [0.29, 0.717) is 0 Å². The molecule has 1 aliphatic rings. The van der Waals surface area contributed by atoms with Crippen molar-refractivity contribution in [2.45, 2.75) is 25.3 Å². The number of benzene rings is 3. The summed E-state index contributed by atoms with van der Waals surface area (Å²) in [6.45, 7) is 1.96. The van der Waals surface area contributed by atoms with Gasteiger partial charge < -0.3 is 10.4 Å². The molecule has 0 saturated carbocycles. The molecule has 0 unspecified atom stereocenters. The van der Waals surface area contributed by atoms with E-state index in [2.05, 4.69) is 5.32 Å². The Kier molecular flexibility index (Phi) is 4.70. The van der Waals surface area contributed by atoms with Gasteiger partial charge in [-0.15, -0.1) is 0 Å². The molecule has 3 aromatic carbocycles. The molecule has 0 radical (unpaired) electrons. The minimum Gasteiger partial charge on any atom is -0.480 e. The molecular weight excluding hydrogens is 350 g/mol. The van der Waals surface area contributed by atoms with Gasteiger partial charge >= 0.3 is 5.97 Å². The fourth-order valence-electron chi connectivity index (χ4n) is 3.97. The minimum atomic E-state index is -1.03. The Labute approximate surface area is 163 Å². The topological polar surface area (TPSA) is 66.4 Å². The van der Waals surface area contributed by atoms with Crippen molar-refractivity contribution in [1.29, 1.82) is 0 Å². The smallest absolute Gasteiger partial charge is 0.326 e. The van der Waals surface area contributed by atoms with Crippen LogP contribution in [-0.2, 0) is 16.0 Å². The van der Waals surface area contributed by atoms with Crippen molar-refractivity contribution in [2.75, 3.05) is 0 Å². The Bertz CT molecular complexity index is 1010. The number of hydrogen-bond acceptors (Lipinski definition) is 2. The highest BCUT2D eigenvalue weighted by Crippen LogP contribution is 2.44. The van der Waals surface area contributed by atoms with Gasteiger partial charge in [0.2, 0.25) is 5.91 Å². The van der Waals surface area contributed by atoms with Crippen LogP contribution in [-0.4, -0.2) is 23.0 Å². The lowest BCUT2D eigenvalue weighted by atomic mass is 9.95. The molecule has 1 amide bonds. The summed E-state index contributed by atoms with van der Waals surface area (Å²) in [7, 11) is 0. The Hall–Kier alpha value is -3.40. The van der Waals surface area contributed by atoms with Gasteiger partial charge in [-0.1, -0.05) is 78.4 Å². The van der Waals surface area contributed by atoms with Crippen molar-refractivity contribution in [1.82, 2.24) is 5.32 Å². The SMILES string of the molecule is Cc1cccc(C[C@@H](NC(=O)C2c3ccccc3-c3ccccc32)C(=O)O)c1. The zero-order valence-electron chi connectivity index (χ0n) is 15.6. The molecule has 0 heterocycles. The number of fused-ring (bicyclic) bond motifs is 3. The number of carboxylic acid groups (broad SMARTS) is 1. The molecule has 4 nitrogen and oxygen atoms in total. The lowest BCUT2D eigenvalue weighted by Crippen LogP contribution is -2.44. The Morgan fingerprint density at radius 3 is 2.11 bits per heavy atom. The van der Waals surface area contributed by atoms with Crippen LogP contribution >= 0.6 is 0 Å². The van der Waals surface area contributed by atoms with Crippen molar-refractivity contribution >= 4 is 11.9 Å². The Morgan fingerprint density at radius 2 is 1.54 bits per heavy atom. The number of carboxylic acids is 1. The standard InChI is InChI=1S/C24H21NO3/c1-15-7-6-8-16(13-15)14-21(24(27)28)25-23(26)22-19-11-4-2-9-17(19)18-10-3-5-12-20(18)22/h2-13,21-22H,14H2,1H3,(H,25,26)(H,27,28)/t21-/m1/s1. The molecule has 1 atom stereocenters. The van der Waals surface area contributed by atoms with E-state index in [9.17, 15) is 14.7 Å². The molecule has 0 aromatic heterocycles. The van der Waals surface area contributed by atoms with E-state index in [1.807, 2.05) is 79.7 Å². The van der Waals surface area contributed by atoms with E-state index in [4.69, 9.17) is 0 Å². The maximum absolute atomic E-state index is 13.2. The van der Waals surface area contributed by atoms with E-state index in [0.717, 1.165) is 33.4 Å². The first-order valence-corrected chi connectivity index (χ1v) is 9.31. The van der Waals surface area contributed by atoms with E-state index < -0.39 is 17.9 Å². The monoisotopic (exact) mass is 371 g/mol. The molecule has 4 rings (SSSR count). The summed E-state index contributed by atoms with van der Waals surface area (Å²) in [6.07, 6.45) is 0.249. The molecule has 1 aliphatic carbocycles. The lowest BCUT2D eigenvalue weighted by Gasteiger charge is -2.19. The number of carbonyl (C=O) groups is 2. The average molecular weight is 371 g/mol. The molecule has 0 saturated heterocycles. The van der Waals surface area contributed by atoms with Crippen LogP contribution < -0.4 is 5.32 Å². The highest BCUT2D eigenvalue weighted by Gasteiger charge is 2.35. The van der Waals surface area contributed by atoms with E-state index >= 15 is 0 Å². The molecule has 0 spiro atoms. The average Bonchev–Trinajstić information content (AvgIpc) is 3.02. The quantitative estimate of drug-likeness (QED) is 0.714. The largest absolute Gasteiger partial charge is 0.480 e. The van der Waals surface area contributed by atoms with Crippen LogP contribution in [0.25, 0.3) is 11.1 Å². The third-order valence-electron chi connectivity index (χ3n) is 5.23. The van der Waals surface area contributed by atoms with Crippen LogP contribution in [0.5, 0.6) is 0 Å². The van der Waals surface area contributed by atoms with Crippen LogP contribution in [0, 0.1) is 6.92 Å². The zero-order valence-corrected chi connectivity index (χ0v) is 15.6. The molecule has 0 fully saturated rings. The van der Waals surface area contributed by atoms with E-state index in [-0.39, 0.29) is 12.3 Å². The van der Waals surface area contributed by atoms with E-state index in [1.54, 1.807) is 0 Å². The second kappa shape index (κ2) is 7.31. The zero-order chi connectivity index (χ0) is 19.7. The first kappa shape index (κ1) is 18.0. The number of aryl methyl sites for hydroxylation is 1. The maximum Gasteiger partial charge on any atom is 0.326 e. The Balaban J connectivity index is 1.62. The fraction of sp³-hybridized carbons (Fsp3) is 0.167. The van der Waals surface area contributed by atoms with Crippen LogP contribution in [0.3, 0.4) is 0 Å². The Morgan fingerprint density at radius 1 is 0.929 bits per heavy atom. The van der Waals surface area contributed by atoms with Gasteiger partial charge in [0.25, 0.3) is 0 Å². The molecule has 3 aromatic rings. The molecular formula is C24H21NO3. The molecule has 0 aliphatic heterocycles. The second-order valence-electron chi connectivity index (χ2n) is 7.20. The summed E-state index contributed by atoms with van der Waals surface area (Å²) in [6, 6.07) is 22.3. The summed E-state index contributed by atoms with van der Waals surface area (Å²) in [5.74, 6) is -1.81. The van der Waals surface area contributed by atoms with Gasteiger partial charge in [0.15, 0.2) is 0 Å². The third-order valence-corrected chi connectivity index (χ3v) is 5.23.